The van der Waals surface area contributed by atoms with Crippen LogP contribution in [-0.2, 0) is 6.18 Å². The third kappa shape index (κ3) is 3.77. The lowest BCUT2D eigenvalue weighted by molar-refractivity contribution is -0.137. The number of nitrogens with one attached hydrogen (secondary N) is 1. The third-order valence-corrected chi connectivity index (χ3v) is 4.09. The number of halogens is 4. The van der Waals surface area contributed by atoms with Crippen LogP contribution in [0.1, 0.15) is 16.7 Å². The quantitative estimate of drug-likeness (QED) is 0.605. The summed E-state index contributed by atoms with van der Waals surface area (Å²) in [5.74, 6) is -0.406. The predicted molar refractivity (Wildman–Crippen MR) is 94.5 cm³/mol. The zero-order valence-electron chi connectivity index (χ0n) is 13.9. The van der Waals surface area contributed by atoms with Gasteiger partial charge in [-0.3, -0.25) is 4.98 Å². The number of pyridine rings is 1. The first kappa shape index (κ1) is 18.1. The van der Waals surface area contributed by atoms with E-state index in [0.717, 1.165) is 11.1 Å². The Hall–Kier alpha value is -2.67. The van der Waals surface area contributed by atoms with E-state index in [9.17, 15) is 13.2 Å². The lowest BCUT2D eigenvalue weighted by Gasteiger charge is -2.16. The molecule has 0 bridgehead atoms. The average molecular weight is 379 g/mol. The average Bonchev–Trinajstić information content (AvgIpc) is 2.57. The highest BCUT2D eigenvalue weighted by molar-refractivity contribution is 6.30. The molecule has 2 heterocycles. The van der Waals surface area contributed by atoms with Crippen molar-refractivity contribution in [1.29, 1.82) is 0 Å². The van der Waals surface area contributed by atoms with E-state index in [1.54, 1.807) is 30.3 Å². The fourth-order valence-corrected chi connectivity index (χ4v) is 2.62. The van der Waals surface area contributed by atoms with Crippen LogP contribution >= 0.6 is 11.6 Å². The fourth-order valence-electron chi connectivity index (χ4n) is 2.34. The molecule has 4 nitrogen and oxygen atoms in total. The minimum atomic E-state index is -4.71. The minimum Gasteiger partial charge on any atom is -0.340 e. The van der Waals surface area contributed by atoms with Gasteiger partial charge in [-0.2, -0.15) is 13.2 Å². The Balaban J connectivity index is 2.13. The normalized spacial score (nSPS) is 11.5. The van der Waals surface area contributed by atoms with Crippen molar-refractivity contribution in [3.05, 3.63) is 64.4 Å². The maximum absolute atomic E-state index is 13.5. The summed E-state index contributed by atoms with van der Waals surface area (Å²) in [5.41, 5.74) is 1.65. The first-order chi connectivity index (χ1) is 12.3. The van der Waals surface area contributed by atoms with E-state index < -0.39 is 22.7 Å². The number of aromatic nitrogens is 3. The molecule has 3 aromatic rings. The Morgan fingerprint density at radius 3 is 2.38 bits per heavy atom. The molecule has 0 aliphatic heterocycles. The first-order valence-electron chi connectivity index (χ1n) is 7.66. The van der Waals surface area contributed by atoms with Gasteiger partial charge in [0.05, 0.1) is 0 Å². The van der Waals surface area contributed by atoms with Crippen LogP contribution in [0.25, 0.3) is 11.5 Å². The molecular weight excluding hydrogens is 365 g/mol. The fraction of sp³-hybridized carbons (Fsp3) is 0.167. The SMILES string of the molecule is Cc1ccc(Nc2nc(-c3ccccn3)nc(Cl)c2C(F)(F)F)cc1C. The van der Waals surface area contributed by atoms with Crippen molar-refractivity contribution in [2.45, 2.75) is 20.0 Å². The Morgan fingerprint density at radius 2 is 1.77 bits per heavy atom. The Morgan fingerprint density at radius 1 is 1.00 bits per heavy atom. The van der Waals surface area contributed by atoms with E-state index in [1.807, 2.05) is 19.9 Å². The molecule has 0 fully saturated rings. The van der Waals surface area contributed by atoms with Crippen LogP contribution in [0.3, 0.4) is 0 Å². The molecule has 0 aliphatic carbocycles. The number of aryl methyl sites for hydroxylation is 2. The van der Waals surface area contributed by atoms with Gasteiger partial charge in [-0.1, -0.05) is 23.7 Å². The number of nitrogens with zero attached hydrogens (tertiary/aromatic N) is 3. The van der Waals surface area contributed by atoms with Gasteiger partial charge in [0, 0.05) is 11.9 Å². The molecule has 0 atom stereocenters. The maximum atomic E-state index is 13.5. The Kier molecular flexibility index (Phi) is 4.82. The molecule has 0 spiro atoms. The molecule has 0 saturated heterocycles. The second-order valence-electron chi connectivity index (χ2n) is 5.70. The summed E-state index contributed by atoms with van der Waals surface area (Å²) in [6, 6.07) is 10.2. The van der Waals surface area contributed by atoms with Gasteiger partial charge < -0.3 is 5.32 Å². The second-order valence-corrected chi connectivity index (χ2v) is 6.06. The molecule has 134 valence electrons. The number of alkyl halides is 3. The van der Waals surface area contributed by atoms with Crippen molar-refractivity contribution < 1.29 is 13.2 Å². The molecule has 0 aliphatic rings. The van der Waals surface area contributed by atoms with E-state index in [1.165, 1.54) is 6.20 Å². The van der Waals surface area contributed by atoms with Gasteiger partial charge in [-0.25, -0.2) is 9.97 Å². The van der Waals surface area contributed by atoms with E-state index in [4.69, 9.17) is 11.6 Å². The van der Waals surface area contributed by atoms with Gasteiger partial charge in [-0.05, 0) is 49.2 Å². The maximum Gasteiger partial charge on any atom is 0.422 e. The number of anilines is 2. The lowest BCUT2D eigenvalue weighted by Crippen LogP contribution is -2.13. The highest BCUT2D eigenvalue weighted by Gasteiger charge is 2.38. The topological polar surface area (TPSA) is 50.7 Å². The zero-order chi connectivity index (χ0) is 18.9. The van der Waals surface area contributed by atoms with Crippen molar-refractivity contribution >= 4 is 23.1 Å². The molecule has 0 saturated carbocycles. The highest BCUT2D eigenvalue weighted by Crippen LogP contribution is 2.40. The van der Waals surface area contributed by atoms with Gasteiger partial charge in [0.1, 0.15) is 22.2 Å². The number of benzene rings is 1. The van der Waals surface area contributed by atoms with Crippen LogP contribution in [0.2, 0.25) is 5.15 Å². The standard InChI is InChI=1S/C18H14ClF3N4/c1-10-6-7-12(9-11(10)2)24-17-14(18(20,21)22)15(19)25-16(26-17)13-5-3-4-8-23-13/h3-9H,1-2H3,(H,24,25,26). The molecule has 8 heteroatoms. The molecule has 1 N–H and O–H groups in total. The number of hydrogen-bond donors (Lipinski definition) is 1. The second kappa shape index (κ2) is 6.92. The van der Waals surface area contributed by atoms with Crippen molar-refractivity contribution in [3.63, 3.8) is 0 Å². The van der Waals surface area contributed by atoms with Gasteiger partial charge in [0.2, 0.25) is 0 Å². The van der Waals surface area contributed by atoms with Gasteiger partial charge in [0.15, 0.2) is 5.82 Å². The van der Waals surface area contributed by atoms with Gasteiger partial charge in [0.25, 0.3) is 0 Å². The molecule has 0 unspecified atom stereocenters. The van der Waals surface area contributed by atoms with Gasteiger partial charge in [-0.15, -0.1) is 0 Å². The summed E-state index contributed by atoms with van der Waals surface area (Å²) in [7, 11) is 0. The zero-order valence-corrected chi connectivity index (χ0v) is 14.7. The van der Waals surface area contributed by atoms with Crippen molar-refractivity contribution in [2.24, 2.45) is 0 Å². The van der Waals surface area contributed by atoms with Crippen LogP contribution in [0.5, 0.6) is 0 Å². The van der Waals surface area contributed by atoms with Crippen LogP contribution < -0.4 is 5.32 Å². The molecule has 3 rings (SSSR count). The first-order valence-corrected chi connectivity index (χ1v) is 8.04. The number of hydrogen-bond acceptors (Lipinski definition) is 4. The predicted octanol–water partition coefficient (Wildman–Crippen LogP) is 5.57. The van der Waals surface area contributed by atoms with Crippen molar-refractivity contribution in [3.8, 4) is 11.5 Å². The summed E-state index contributed by atoms with van der Waals surface area (Å²) in [4.78, 5) is 11.9. The molecule has 2 aromatic heterocycles. The van der Waals surface area contributed by atoms with E-state index in [-0.39, 0.29) is 5.82 Å². The summed E-state index contributed by atoms with van der Waals surface area (Å²) in [6.45, 7) is 3.79. The van der Waals surface area contributed by atoms with Crippen molar-refractivity contribution in [1.82, 2.24) is 15.0 Å². The molecule has 26 heavy (non-hydrogen) atoms. The molecule has 0 radical (unpaired) electrons. The largest absolute Gasteiger partial charge is 0.422 e. The summed E-state index contributed by atoms with van der Waals surface area (Å²) >= 11 is 5.85. The van der Waals surface area contributed by atoms with Crippen molar-refractivity contribution in [2.75, 3.05) is 5.32 Å². The van der Waals surface area contributed by atoms with Crippen LogP contribution in [-0.4, -0.2) is 15.0 Å². The Bertz CT molecular complexity index is 943. The minimum absolute atomic E-state index is 0.00920. The molecule has 1 aromatic carbocycles. The van der Waals surface area contributed by atoms with Gasteiger partial charge >= 0.3 is 6.18 Å². The lowest BCUT2D eigenvalue weighted by atomic mass is 10.1. The monoisotopic (exact) mass is 378 g/mol. The van der Waals surface area contributed by atoms with Crippen LogP contribution in [0.4, 0.5) is 24.7 Å². The smallest absolute Gasteiger partial charge is 0.340 e. The number of rotatable bonds is 3. The Labute approximate surface area is 153 Å². The van der Waals surface area contributed by atoms with E-state index in [0.29, 0.717) is 11.4 Å². The summed E-state index contributed by atoms with van der Waals surface area (Å²) in [5, 5.41) is 2.03. The highest BCUT2D eigenvalue weighted by atomic mass is 35.5. The molecule has 0 amide bonds. The van der Waals surface area contributed by atoms with Crippen LogP contribution in [0.15, 0.2) is 42.6 Å². The van der Waals surface area contributed by atoms with E-state index >= 15 is 0 Å². The van der Waals surface area contributed by atoms with Crippen LogP contribution in [0, 0.1) is 13.8 Å². The van der Waals surface area contributed by atoms with E-state index in [2.05, 4.69) is 20.3 Å². The third-order valence-electron chi connectivity index (χ3n) is 3.81. The summed E-state index contributed by atoms with van der Waals surface area (Å²) < 4.78 is 40.4. The summed E-state index contributed by atoms with van der Waals surface area (Å²) in [6.07, 6.45) is -3.21. The molecular formula is C18H14ClF3N4.